The summed E-state index contributed by atoms with van der Waals surface area (Å²) in [7, 11) is 0. The molecule has 1 aromatic carbocycles. The van der Waals surface area contributed by atoms with E-state index in [-0.39, 0.29) is 22.6 Å². The standard InChI is InChI=1S/C14H8ClF3N4O/c1-7-5-10(20-13(15)19-7)12-22-21-11(23-12)8-3-2-4-9(6-8)14(16,17)18/h2-6H,1H3. The molecule has 0 aliphatic rings. The van der Waals surface area contributed by atoms with E-state index in [1.807, 2.05) is 0 Å². The summed E-state index contributed by atoms with van der Waals surface area (Å²) in [5.74, 6) is 0.00306. The second kappa shape index (κ2) is 5.62. The van der Waals surface area contributed by atoms with Crippen LogP contribution in [0.25, 0.3) is 23.0 Å². The number of hydrogen-bond donors (Lipinski definition) is 0. The second-order valence-electron chi connectivity index (χ2n) is 4.65. The van der Waals surface area contributed by atoms with Gasteiger partial charge < -0.3 is 4.42 Å². The SMILES string of the molecule is Cc1cc(-c2nnc(-c3cccc(C(F)(F)F)c3)o2)nc(Cl)n1. The first-order chi connectivity index (χ1) is 10.8. The third-order valence-corrected chi connectivity index (χ3v) is 3.08. The van der Waals surface area contributed by atoms with Gasteiger partial charge in [0.05, 0.1) is 5.56 Å². The number of hydrogen-bond acceptors (Lipinski definition) is 5. The molecule has 3 aromatic rings. The Bertz CT molecular complexity index is 843. The van der Waals surface area contributed by atoms with Crippen molar-refractivity contribution >= 4 is 11.6 Å². The van der Waals surface area contributed by atoms with Gasteiger partial charge in [0.25, 0.3) is 5.89 Å². The van der Waals surface area contributed by atoms with Gasteiger partial charge in [0.2, 0.25) is 11.2 Å². The molecule has 0 N–H and O–H groups in total. The molecule has 23 heavy (non-hydrogen) atoms. The fraction of sp³-hybridized carbons (Fsp3) is 0.143. The smallest absolute Gasteiger partial charge is 0.415 e. The highest BCUT2D eigenvalue weighted by Crippen LogP contribution is 2.32. The zero-order chi connectivity index (χ0) is 16.6. The number of aromatic nitrogens is 4. The molecule has 9 heteroatoms. The van der Waals surface area contributed by atoms with Gasteiger partial charge in [-0.2, -0.15) is 13.2 Å². The van der Waals surface area contributed by atoms with Gasteiger partial charge >= 0.3 is 6.18 Å². The molecule has 0 atom stereocenters. The first-order valence-corrected chi connectivity index (χ1v) is 6.73. The third kappa shape index (κ3) is 3.31. The maximum Gasteiger partial charge on any atom is 0.416 e. The zero-order valence-corrected chi connectivity index (χ0v) is 12.4. The van der Waals surface area contributed by atoms with Crippen LogP contribution in [0.4, 0.5) is 13.2 Å². The Hall–Kier alpha value is -2.48. The van der Waals surface area contributed by atoms with Crippen molar-refractivity contribution in [2.75, 3.05) is 0 Å². The van der Waals surface area contributed by atoms with E-state index in [4.69, 9.17) is 16.0 Å². The lowest BCUT2D eigenvalue weighted by Gasteiger charge is -2.06. The maximum absolute atomic E-state index is 12.7. The summed E-state index contributed by atoms with van der Waals surface area (Å²) < 4.78 is 43.6. The van der Waals surface area contributed by atoms with E-state index in [1.165, 1.54) is 12.1 Å². The summed E-state index contributed by atoms with van der Waals surface area (Å²) in [5, 5.41) is 7.56. The van der Waals surface area contributed by atoms with E-state index in [9.17, 15) is 13.2 Å². The van der Waals surface area contributed by atoms with Crippen molar-refractivity contribution in [1.29, 1.82) is 0 Å². The minimum Gasteiger partial charge on any atom is -0.415 e. The molecular weight excluding hydrogens is 333 g/mol. The van der Waals surface area contributed by atoms with Crippen molar-refractivity contribution in [3.63, 3.8) is 0 Å². The molecule has 0 radical (unpaired) electrons. The summed E-state index contributed by atoms with van der Waals surface area (Å²) in [6.07, 6.45) is -4.45. The third-order valence-electron chi connectivity index (χ3n) is 2.91. The maximum atomic E-state index is 12.7. The summed E-state index contributed by atoms with van der Waals surface area (Å²) in [6, 6.07) is 6.21. The van der Waals surface area contributed by atoms with Crippen molar-refractivity contribution in [2.45, 2.75) is 13.1 Å². The van der Waals surface area contributed by atoms with Crippen LogP contribution in [-0.4, -0.2) is 20.2 Å². The molecule has 0 fully saturated rings. The highest BCUT2D eigenvalue weighted by Gasteiger charge is 2.30. The number of halogens is 4. The number of benzene rings is 1. The van der Waals surface area contributed by atoms with Crippen LogP contribution >= 0.6 is 11.6 Å². The minimum atomic E-state index is -4.45. The Labute approximate surface area is 133 Å². The van der Waals surface area contributed by atoms with Gasteiger partial charge in [-0.15, -0.1) is 10.2 Å². The van der Waals surface area contributed by atoms with Gasteiger partial charge in [-0.3, -0.25) is 0 Å². The lowest BCUT2D eigenvalue weighted by Crippen LogP contribution is -2.04. The van der Waals surface area contributed by atoms with Crippen LogP contribution < -0.4 is 0 Å². The Morgan fingerprint density at radius 1 is 1.04 bits per heavy atom. The highest BCUT2D eigenvalue weighted by atomic mass is 35.5. The molecule has 0 saturated heterocycles. The van der Waals surface area contributed by atoms with Gasteiger partial charge in [0.1, 0.15) is 5.69 Å². The molecule has 0 unspecified atom stereocenters. The summed E-state index contributed by atoms with van der Waals surface area (Å²) in [4.78, 5) is 7.85. The topological polar surface area (TPSA) is 64.7 Å². The molecule has 0 saturated carbocycles. The molecule has 0 bridgehead atoms. The van der Waals surface area contributed by atoms with Crippen LogP contribution in [-0.2, 0) is 6.18 Å². The lowest BCUT2D eigenvalue weighted by atomic mass is 10.1. The first kappa shape index (κ1) is 15.4. The van der Waals surface area contributed by atoms with Crippen molar-refractivity contribution in [3.8, 4) is 23.0 Å². The Kier molecular flexibility index (Phi) is 3.77. The Morgan fingerprint density at radius 3 is 2.48 bits per heavy atom. The van der Waals surface area contributed by atoms with Crippen LogP contribution in [0, 0.1) is 6.92 Å². The fourth-order valence-corrected chi connectivity index (χ4v) is 2.14. The largest absolute Gasteiger partial charge is 0.416 e. The van der Waals surface area contributed by atoms with E-state index in [0.717, 1.165) is 12.1 Å². The number of nitrogens with zero attached hydrogens (tertiary/aromatic N) is 4. The van der Waals surface area contributed by atoms with Gasteiger partial charge in [0.15, 0.2) is 0 Å². The average Bonchev–Trinajstić information content (AvgIpc) is 2.95. The molecule has 2 heterocycles. The molecule has 118 valence electrons. The predicted octanol–water partition coefficient (Wildman–Crippen LogP) is 4.17. The number of aryl methyl sites for hydroxylation is 1. The second-order valence-corrected chi connectivity index (χ2v) is 4.99. The Balaban J connectivity index is 1.99. The zero-order valence-electron chi connectivity index (χ0n) is 11.6. The quantitative estimate of drug-likeness (QED) is 0.655. The molecule has 3 rings (SSSR count). The van der Waals surface area contributed by atoms with E-state index >= 15 is 0 Å². The van der Waals surface area contributed by atoms with Gasteiger partial charge in [0, 0.05) is 11.3 Å². The van der Waals surface area contributed by atoms with Crippen LogP contribution in [0.3, 0.4) is 0 Å². The first-order valence-electron chi connectivity index (χ1n) is 6.35. The molecule has 0 spiro atoms. The van der Waals surface area contributed by atoms with Gasteiger partial charge in [-0.05, 0) is 42.8 Å². The normalized spacial score (nSPS) is 11.7. The van der Waals surface area contributed by atoms with Crippen LogP contribution in [0.5, 0.6) is 0 Å². The van der Waals surface area contributed by atoms with E-state index < -0.39 is 11.7 Å². The predicted molar refractivity (Wildman–Crippen MR) is 75.5 cm³/mol. The molecule has 0 amide bonds. The van der Waals surface area contributed by atoms with Crippen LogP contribution in [0.2, 0.25) is 5.28 Å². The van der Waals surface area contributed by atoms with Crippen molar-refractivity contribution in [2.24, 2.45) is 0 Å². The summed E-state index contributed by atoms with van der Waals surface area (Å²) in [5.41, 5.74) is 0.262. The fourth-order valence-electron chi connectivity index (χ4n) is 1.91. The van der Waals surface area contributed by atoms with Gasteiger partial charge in [-0.25, -0.2) is 9.97 Å². The lowest BCUT2D eigenvalue weighted by molar-refractivity contribution is -0.137. The summed E-state index contributed by atoms with van der Waals surface area (Å²) in [6.45, 7) is 1.71. The molecule has 0 aliphatic carbocycles. The van der Waals surface area contributed by atoms with E-state index in [2.05, 4.69) is 20.2 Å². The molecule has 0 aliphatic heterocycles. The number of alkyl halides is 3. The van der Waals surface area contributed by atoms with E-state index in [1.54, 1.807) is 13.0 Å². The Morgan fingerprint density at radius 2 is 1.78 bits per heavy atom. The van der Waals surface area contributed by atoms with Crippen LogP contribution in [0.1, 0.15) is 11.3 Å². The highest BCUT2D eigenvalue weighted by molar-refractivity contribution is 6.28. The minimum absolute atomic E-state index is 0.0128. The average molecular weight is 341 g/mol. The van der Waals surface area contributed by atoms with E-state index in [0.29, 0.717) is 11.4 Å². The monoisotopic (exact) mass is 340 g/mol. The molecule has 5 nitrogen and oxygen atoms in total. The van der Waals surface area contributed by atoms with Crippen LogP contribution in [0.15, 0.2) is 34.7 Å². The van der Waals surface area contributed by atoms with Crippen molar-refractivity contribution < 1.29 is 17.6 Å². The molecule has 2 aromatic heterocycles. The molecular formula is C14H8ClF3N4O. The van der Waals surface area contributed by atoms with Crippen molar-refractivity contribution in [1.82, 2.24) is 20.2 Å². The van der Waals surface area contributed by atoms with Gasteiger partial charge in [-0.1, -0.05) is 6.07 Å². The number of rotatable bonds is 2. The van der Waals surface area contributed by atoms with Crippen molar-refractivity contribution in [3.05, 3.63) is 46.9 Å². The summed E-state index contributed by atoms with van der Waals surface area (Å²) >= 11 is 5.76.